The number of carbonyl (C=O) groups excluding carboxylic acids is 1. The van der Waals surface area contributed by atoms with E-state index < -0.39 is 6.04 Å². The van der Waals surface area contributed by atoms with E-state index in [1.54, 1.807) is 0 Å². The molecule has 0 bridgehead atoms. The van der Waals surface area contributed by atoms with Crippen molar-refractivity contribution < 1.29 is 4.79 Å². The third kappa shape index (κ3) is 6.66. The molecule has 120 valence electrons. The first-order valence-corrected chi connectivity index (χ1v) is 7.08. The van der Waals surface area contributed by atoms with Gasteiger partial charge >= 0.3 is 0 Å². The van der Waals surface area contributed by atoms with Crippen LogP contribution in [0.15, 0.2) is 30.3 Å². The highest BCUT2D eigenvalue weighted by Gasteiger charge is 2.15. The van der Waals surface area contributed by atoms with Crippen molar-refractivity contribution in [2.75, 3.05) is 26.2 Å². The smallest absolute Gasteiger partial charge is 0.241 e. The minimum absolute atomic E-state index is 0. The normalized spacial score (nSPS) is 15.7. The fourth-order valence-corrected chi connectivity index (χ4v) is 2.44. The van der Waals surface area contributed by atoms with Gasteiger partial charge in [0, 0.05) is 6.54 Å². The maximum atomic E-state index is 11.9. The Morgan fingerprint density at radius 1 is 1.19 bits per heavy atom. The molecule has 1 saturated heterocycles. The first kappa shape index (κ1) is 20.2. The van der Waals surface area contributed by atoms with Gasteiger partial charge in [0.1, 0.15) is 6.04 Å². The second-order valence-electron chi connectivity index (χ2n) is 5.08. The highest BCUT2D eigenvalue weighted by molar-refractivity contribution is 5.85. The van der Waals surface area contributed by atoms with Gasteiger partial charge in [0.05, 0.1) is 0 Å². The Hall–Kier alpha value is -0.810. The van der Waals surface area contributed by atoms with Crippen LogP contribution in [0, 0.1) is 0 Å². The summed E-state index contributed by atoms with van der Waals surface area (Å²) in [6, 6.07) is 8.92. The molecule has 1 amide bonds. The Morgan fingerprint density at radius 3 is 2.43 bits per heavy atom. The summed E-state index contributed by atoms with van der Waals surface area (Å²) in [5.74, 6) is -0.0902. The summed E-state index contributed by atoms with van der Waals surface area (Å²) >= 11 is 0. The van der Waals surface area contributed by atoms with Gasteiger partial charge in [-0.3, -0.25) is 4.79 Å². The molecule has 4 nitrogen and oxygen atoms in total. The summed E-state index contributed by atoms with van der Waals surface area (Å²) in [4.78, 5) is 14.3. The predicted molar refractivity (Wildman–Crippen MR) is 91.2 cm³/mol. The first-order chi connectivity index (χ1) is 9.27. The van der Waals surface area contributed by atoms with Crippen LogP contribution in [0.25, 0.3) is 0 Å². The lowest BCUT2D eigenvalue weighted by molar-refractivity contribution is -0.122. The van der Waals surface area contributed by atoms with Crippen LogP contribution in [0.3, 0.4) is 0 Å². The maximum Gasteiger partial charge on any atom is 0.241 e. The van der Waals surface area contributed by atoms with Crippen molar-refractivity contribution in [3.63, 3.8) is 0 Å². The Balaban J connectivity index is 0.00000200. The van der Waals surface area contributed by atoms with Gasteiger partial charge in [0.2, 0.25) is 5.91 Å². The molecule has 1 aliphatic rings. The fraction of sp³-hybridized carbons (Fsp3) is 0.533. The van der Waals surface area contributed by atoms with Crippen molar-refractivity contribution in [1.82, 2.24) is 10.2 Å². The summed E-state index contributed by atoms with van der Waals surface area (Å²) in [7, 11) is 0. The lowest BCUT2D eigenvalue weighted by Gasteiger charge is -2.16. The lowest BCUT2D eigenvalue weighted by atomic mass is 10.1. The number of likely N-dealkylation sites (tertiary alicyclic amines) is 1. The van der Waals surface area contributed by atoms with E-state index >= 15 is 0 Å². The lowest BCUT2D eigenvalue weighted by Crippen LogP contribution is -2.35. The second kappa shape index (κ2) is 10.9. The van der Waals surface area contributed by atoms with Crippen LogP contribution in [0.2, 0.25) is 0 Å². The molecule has 1 aromatic carbocycles. The van der Waals surface area contributed by atoms with Crippen LogP contribution in [-0.2, 0) is 4.79 Å². The second-order valence-corrected chi connectivity index (χ2v) is 5.08. The number of rotatable bonds is 6. The minimum Gasteiger partial charge on any atom is -0.354 e. The van der Waals surface area contributed by atoms with E-state index in [9.17, 15) is 4.79 Å². The molecule has 1 atom stereocenters. The number of nitrogens with two attached hydrogens (primary N) is 1. The topological polar surface area (TPSA) is 58.4 Å². The van der Waals surface area contributed by atoms with Crippen molar-refractivity contribution in [3.05, 3.63) is 35.9 Å². The zero-order valence-corrected chi connectivity index (χ0v) is 13.8. The third-order valence-electron chi connectivity index (χ3n) is 3.59. The van der Waals surface area contributed by atoms with E-state index in [4.69, 9.17) is 5.73 Å². The molecule has 1 aromatic rings. The minimum atomic E-state index is -0.562. The molecule has 0 saturated carbocycles. The number of nitrogens with one attached hydrogen (secondary N) is 1. The van der Waals surface area contributed by atoms with Gasteiger partial charge in [0.25, 0.3) is 0 Å². The molecule has 0 radical (unpaired) electrons. The fourth-order valence-electron chi connectivity index (χ4n) is 2.44. The molecule has 21 heavy (non-hydrogen) atoms. The Bertz CT molecular complexity index is 397. The Kier molecular flexibility index (Phi) is 10.4. The molecule has 3 N–H and O–H groups in total. The number of hydrogen-bond donors (Lipinski definition) is 2. The van der Waals surface area contributed by atoms with Crippen molar-refractivity contribution in [3.8, 4) is 0 Å². The van der Waals surface area contributed by atoms with Crippen molar-refractivity contribution >= 4 is 30.7 Å². The number of benzene rings is 1. The van der Waals surface area contributed by atoms with Crippen LogP contribution < -0.4 is 11.1 Å². The first-order valence-electron chi connectivity index (χ1n) is 7.08. The van der Waals surface area contributed by atoms with Crippen LogP contribution in [0.5, 0.6) is 0 Å². The van der Waals surface area contributed by atoms with E-state index in [1.165, 1.54) is 25.9 Å². The van der Waals surface area contributed by atoms with E-state index in [0.29, 0.717) is 6.54 Å². The predicted octanol–water partition coefficient (Wildman–Crippen LogP) is 2.13. The summed E-state index contributed by atoms with van der Waals surface area (Å²) in [6.45, 7) is 4.19. The third-order valence-corrected chi connectivity index (χ3v) is 3.59. The van der Waals surface area contributed by atoms with Gasteiger partial charge in [0.15, 0.2) is 0 Å². The number of carbonyl (C=O) groups is 1. The summed E-state index contributed by atoms with van der Waals surface area (Å²) in [5.41, 5.74) is 6.78. The highest BCUT2D eigenvalue weighted by atomic mass is 35.5. The van der Waals surface area contributed by atoms with Gasteiger partial charge in [-0.15, -0.1) is 24.8 Å². The zero-order chi connectivity index (χ0) is 13.5. The molecule has 0 aromatic heterocycles. The van der Waals surface area contributed by atoms with Gasteiger partial charge in [-0.2, -0.15) is 0 Å². The van der Waals surface area contributed by atoms with Gasteiger partial charge in [-0.05, 0) is 44.5 Å². The molecule has 2 rings (SSSR count). The Morgan fingerprint density at radius 2 is 1.81 bits per heavy atom. The number of hydrogen-bond acceptors (Lipinski definition) is 3. The number of halogens is 2. The van der Waals surface area contributed by atoms with Gasteiger partial charge < -0.3 is 16.0 Å². The van der Waals surface area contributed by atoms with Crippen molar-refractivity contribution in [2.24, 2.45) is 5.73 Å². The summed E-state index contributed by atoms with van der Waals surface area (Å²) in [6.07, 6.45) is 3.61. The van der Waals surface area contributed by atoms with Crippen molar-refractivity contribution in [2.45, 2.75) is 25.3 Å². The quantitative estimate of drug-likeness (QED) is 0.784. The van der Waals surface area contributed by atoms with Crippen LogP contribution in [0.4, 0.5) is 0 Å². The molecule has 1 fully saturated rings. The molecule has 1 heterocycles. The number of nitrogens with zero attached hydrogens (tertiary/aromatic N) is 1. The average Bonchev–Trinajstić information content (AvgIpc) is 2.96. The summed E-state index contributed by atoms with van der Waals surface area (Å²) in [5, 5.41) is 2.91. The van der Waals surface area contributed by atoms with E-state index in [0.717, 1.165) is 18.5 Å². The highest BCUT2D eigenvalue weighted by Crippen LogP contribution is 2.09. The molecule has 1 aliphatic heterocycles. The van der Waals surface area contributed by atoms with Crippen LogP contribution in [0.1, 0.15) is 30.9 Å². The average molecular weight is 334 g/mol. The Labute approximate surface area is 139 Å². The molecule has 1 unspecified atom stereocenters. The summed E-state index contributed by atoms with van der Waals surface area (Å²) < 4.78 is 0. The van der Waals surface area contributed by atoms with Crippen molar-refractivity contribution in [1.29, 1.82) is 0 Å². The van der Waals surface area contributed by atoms with Gasteiger partial charge in [-0.1, -0.05) is 30.3 Å². The molecule has 6 heteroatoms. The molecule has 0 spiro atoms. The molecule has 0 aliphatic carbocycles. The van der Waals surface area contributed by atoms with E-state index in [-0.39, 0.29) is 30.7 Å². The number of amides is 1. The van der Waals surface area contributed by atoms with E-state index in [1.807, 2.05) is 30.3 Å². The standard InChI is InChI=1S/C15H23N3O.2ClH/c16-14(13-7-2-1-3-8-13)15(19)17-9-6-12-18-10-4-5-11-18;;/h1-3,7-8,14H,4-6,9-12,16H2,(H,17,19);2*1H. The molecular weight excluding hydrogens is 309 g/mol. The SMILES string of the molecule is Cl.Cl.NC(C(=O)NCCCN1CCCC1)c1ccccc1. The van der Waals surface area contributed by atoms with E-state index in [2.05, 4.69) is 10.2 Å². The van der Waals surface area contributed by atoms with Gasteiger partial charge in [-0.25, -0.2) is 0 Å². The zero-order valence-electron chi connectivity index (χ0n) is 12.2. The molecular formula is C15H25Cl2N3O. The maximum absolute atomic E-state index is 11.9. The largest absolute Gasteiger partial charge is 0.354 e. The monoisotopic (exact) mass is 333 g/mol. The van der Waals surface area contributed by atoms with Crippen LogP contribution in [-0.4, -0.2) is 37.0 Å². The van der Waals surface area contributed by atoms with Crippen LogP contribution >= 0.6 is 24.8 Å².